The van der Waals surface area contributed by atoms with Crippen molar-refractivity contribution < 1.29 is 14.3 Å². The first kappa shape index (κ1) is 20.1. The zero-order chi connectivity index (χ0) is 20.3. The molecule has 0 amide bonds. The van der Waals surface area contributed by atoms with E-state index in [0.717, 1.165) is 16.8 Å². The summed E-state index contributed by atoms with van der Waals surface area (Å²) in [5.74, 6) is -0.435. The molecule has 0 radical (unpaired) electrons. The van der Waals surface area contributed by atoms with Gasteiger partial charge in [0.2, 0.25) is 0 Å². The van der Waals surface area contributed by atoms with E-state index < -0.39 is 11.6 Å². The van der Waals surface area contributed by atoms with Gasteiger partial charge < -0.3 is 9.47 Å². The number of carbonyl (C=O) groups excluding carboxylic acids is 1. The Kier molecular flexibility index (Phi) is 5.86. The van der Waals surface area contributed by atoms with Crippen molar-refractivity contribution in [3.05, 3.63) is 59.0 Å². The van der Waals surface area contributed by atoms with Crippen LogP contribution in [0.25, 0.3) is 11.3 Å². The summed E-state index contributed by atoms with van der Waals surface area (Å²) >= 11 is 6.32. The third-order valence-electron chi connectivity index (χ3n) is 4.37. The Morgan fingerprint density at radius 1 is 1.29 bits per heavy atom. The van der Waals surface area contributed by atoms with Crippen LogP contribution in [0.2, 0.25) is 5.02 Å². The van der Waals surface area contributed by atoms with Gasteiger partial charge in [0.25, 0.3) is 0 Å². The summed E-state index contributed by atoms with van der Waals surface area (Å²) in [6.07, 6.45) is 3.70. The molecule has 7 nitrogen and oxygen atoms in total. The Hall–Kier alpha value is -2.64. The van der Waals surface area contributed by atoms with Gasteiger partial charge in [-0.2, -0.15) is 10.2 Å². The van der Waals surface area contributed by atoms with Gasteiger partial charge in [-0.3, -0.25) is 9.36 Å². The highest BCUT2D eigenvalue weighted by molar-refractivity contribution is 6.31. The second-order valence-electron chi connectivity index (χ2n) is 6.96. The first-order valence-corrected chi connectivity index (χ1v) is 9.19. The number of benzene rings is 1. The summed E-state index contributed by atoms with van der Waals surface area (Å²) in [5.41, 5.74) is 2.42. The molecule has 0 aliphatic heterocycles. The van der Waals surface area contributed by atoms with Gasteiger partial charge in [-0.05, 0) is 31.5 Å². The summed E-state index contributed by atoms with van der Waals surface area (Å²) < 4.78 is 14.1. The van der Waals surface area contributed by atoms with Gasteiger partial charge in [0.15, 0.2) is 5.60 Å². The number of nitrogens with zero attached hydrogens (tertiary/aromatic N) is 4. The third kappa shape index (κ3) is 4.43. The number of carbonyl (C=O) groups is 1. The van der Waals surface area contributed by atoms with Crippen LogP contribution in [0.1, 0.15) is 25.1 Å². The summed E-state index contributed by atoms with van der Waals surface area (Å²) in [5, 5.41) is 9.59. The number of hydrogen-bond acceptors (Lipinski definition) is 5. The van der Waals surface area contributed by atoms with Crippen LogP contribution in [0.4, 0.5) is 0 Å². The number of halogens is 1. The smallest absolute Gasteiger partial charge is 0.337 e. The lowest BCUT2D eigenvalue weighted by Crippen LogP contribution is -2.35. The molecule has 0 fully saturated rings. The predicted molar refractivity (Wildman–Crippen MR) is 106 cm³/mol. The molecule has 2 heterocycles. The number of esters is 1. The minimum Gasteiger partial charge on any atom is -0.467 e. The van der Waals surface area contributed by atoms with E-state index in [9.17, 15) is 4.79 Å². The first-order chi connectivity index (χ1) is 13.3. The number of methoxy groups -OCH3 is 1. The maximum atomic E-state index is 11.8. The molecule has 148 valence electrons. The minimum absolute atomic E-state index is 0.172. The summed E-state index contributed by atoms with van der Waals surface area (Å²) in [7, 11) is 3.20. The Labute approximate surface area is 168 Å². The summed E-state index contributed by atoms with van der Waals surface area (Å²) in [6.45, 7) is 4.01. The maximum absolute atomic E-state index is 11.8. The van der Waals surface area contributed by atoms with E-state index in [1.165, 1.54) is 7.11 Å². The van der Waals surface area contributed by atoms with Crippen LogP contribution in [-0.2, 0) is 34.5 Å². The van der Waals surface area contributed by atoms with Crippen molar-refractivity contribution in [2.45, 2.75) is 32.6 Å². The van der Waals surface area contributed by atoms with Gasteiger partial charge >= 0.3 is 5.97 Å². The average molecular weight is 403 g/mol. The van der Waals surface area contributed by atoms with E-state index in [0.29, 0.717) is 17.3 Å². The van der Waals surface area contributed by atoms with E-state index in [1.54, 1.807) is 24.7 Å². The van der Waals surface area contributed by atoms with Gasteiger partial charge in [0.1, 0.15) is 0 Å². The quantitative estimate of drug-likeness (QED) is 0.566. The molecular weight excluding hydrogens is 380 g/mol. The minimum atomic E-state index is -1.06. The van der Waals surface area contributed by atoms with Crippen molar-refractivity contribution in [3.63, 3.8) is 0 Å². The van der Waals surface area contributed by atoms with Crippen molar-refractivity contribution in [1.29, 1.82) is 0 Å². The normalized spacial score (nSPS) is 11.6. The number of ether oxygens (including phenoxy) is 2. The lowest BCUT2D eigenvalue weighted by atomic mass is 10.1. The molecule has 0 aliphatic rings. The molecule has 28 heavy (non-hydrogen) atoms. The van der Waals surface area contributed by atoms with Gasteiger partial charge in [-0.25, -0.2) is 4.79 Å². The molecule has 8 heteroatoms. The van der Waals surface area contributed by atoms with Crippen molar-refractivity contribution in [3.8, 4) is 11.3 Å². The van der Waals surface area contributed by atoms with Crippen LogP contribution in [0, 0.1) is 0 Å². The van der Waals surface area contributed by atoms with E-state index in [1.807, 2.05) is 48.3 Å². The molecule has 0 saturated heterocycles. The Morgan fingerprint density at radius 3 is 2.68 bits per heavy atom. The second kappa shape index (κ2) is 8.16. The molecular formula is C20H23ClN4O3. The Bertz CT molecular complexity index is 977. The van der Waals surface area contributed by atoms with Crippen molar-refractivity contribution in [2.75, 3.05) is 7.11 Å². The fourth-order valence-corrected chi connectivity index (χ4v) is 2.99. The lowest BCUT2D eigenvalue weighted by Gasteiger charge is -2.21. The van der Waals surface area contributed by atoms with Crippen LogP contribution in [0.5, 0.6) is 0 Å². The molecule has 2 aromatic heterocycles. The summed E-state index contributed by atoms with van der Waals surface area (Å²) in [4.78, 5) is 11.8. The molecule has 0 atom stereocenters. The van der Waals surface area contributed by atoms with E-state index in [4.69, 9.17) is 21.1 Å². The summed E-state index contributed by atoms with van der Waals surface area (Å²) in [6, 6.07) is 9.59. The van der Waals surface area contributed by atoms with Crippen LogP contribution in [-0.4, -0.2) is 38.2 Å². The lowest BCUT2D eigenvalue weighted by molar-refractivity contribution is -0.166. The van der Waals surface area contributed by atoms with Crippen molar-refractivity contribution in [1.82, 2.24) is 19.6 Å². The van der Waals surface area contributed by atoms with Crippen molar-refractivity contribution in [2.24, 2.45) is 7.05 Å². The fraction of sp³-hybridized carbons (Fsp3) is 0.350. The van der Waals surface area contributed by atoms with Crippen LogP contribution >= 0.6 is 11.6 Å². The van der Waals surface area contributed by atoms with Gasteiger partial charge in [-0.15, -0.1) is 0 Å². The SMILES string of the molecule is COC(=O)C(C)(C)OCc1cc(-c2cnn(C)c2)n(Cc2ccccc2Cl)n1. The molecule has 0 unspecified atom stereocenters. The largest absolute Gasteiger partial charge is 0.467 e. The predicted octanol–water partition coefficient (Wildman–Crippen LogP) is 3.45. The molecule has 3 rings (SSSR count). The van der Waals surface area contributed by atoms with E-state index in [-0.39, 0.29) is 6.61 Å². The topological polar surface area (TPSA) is 71.2 Å². The Morgan fingerprint density at radius 2 is 2.04 bits per heavy atom. The zero-order valence-electron chi connectivity index (χ0n) is 16.3. The highest BCUT2D eigenvalue weighted by Crippen LogP contribution is 2.24. The van der Waals surface area contributed by atoms with E-state index >= 15 is 0 Å². The zero-order valence-corrected chi connectivity index (χ0v) is 17.1. The van der Waals surface area contributed by atoms with Gasteiger partial charge in [0.05, 0.1) is 37.8 Å². The number of rotatable bonds is 7. The van der Waals surface area contributed by atoms with Crippen LogP contribution in [0.3, 0.4) is 0 Å². The van der Waals surface area contributed by atoms with Crippen molar-refractivity contribution >= 4 is 17.6 Å². The number of aromatic nitrogens is 4. The van der Waals surface area contributed by atoms with Gasteiger partial charge in [0, 0.05) is 23.8 Å². The molecule has 0 N–H and O–H groups in total. The van der Waals surface area contributed by atoms with Crippen LogP contribution < -0.4 is 0 Å². The van der Waals surface area contributed by atoms with E-state index in [2.05, 4.69) is 10.2 Å². The number of hydrogen-bond donors (Lipinski definition) is 0. The fourth-order valence-electron chi connectivity index (χ4n) is 2.79. The molecule has 3 aromatic rings. The number of aryl methyl sites for hydroxylation is 1. The van der Waals surface area contributed by atoms with Crippen LogP contribution in [0.15, 0.2) is 42.7 Å². The highest BCUT2D eigenvalue weighted by Gasteiger charge is 2.30. The van der Waals surface area contributed by atoms with Gasteiger partial charge in [-0.1, -0.05) is 29.8 Å². The standard InChI is InChI=1S/C20H23ClN4O3/c1-20(2,19(26)27-4)28-13-16-9-18(15-10-22-24(3)11-15)25(23-16)12-14-7-5-6-8-17(14)21/h5-11H,12-13H2,1-4H3. The molecule has 0 spiro atoms. The highest BCUT2D eigenvalue weighted by atomic mass is 35.5. The molecule has 0 bridgehead atoms. The Balaban J connectivity index is 1.90. The maximum Gasteiger partial charge on any atom is 0.337 e. The molecule has 0 saturated carbocycles. The second-order valence-corrected chi connectivity index (χ2v) is 7.37. The average Bonchev–Trinajstić information content (AvgIpc) is 3.27. The third-order valence-corrected chi connectivity index (χ3v) is 4.74. The molecule has 1 aromatic carbocycles. The molecule has 0 aliphatic carbocycles. The monoisotopic (exact) mass is 402 g/mol. The first-order valence-electron chi connectivity index (χ1n) is 8.81.